The summed E-state index contributed by atoms with van der Waals surface area (Å²) < 4.78 is 27.1. The van der Waals surface area contributed by atoms with Gasteiger partial charge < -0.3 is 5.32 Å². The molecule has 1 heterocycles. The average molecular weight is 271 g/mol. The zero-order valence-electron chi connectivity index (χ0n) is 11.2. The summed E-state index contributed by atoms with van der Waals surface area (Å²) in [6, 6.07) is 13.5. The Kier molecular flexibility index (Phi) is 3.14. The van der Waals surface area contributed by atoms with Crippen LogP contribution in [-0.2, 0) is 5.54 Å². The van der Waals surface area contributed by atoms with Crippen LogP contribution >= 0.6 is 0 Å². The van der Waals surface area contributed by atoms with Crippen molar-refractivity contribution >= 4 is 5.57 Å². The highest BCUT2D eigenvalue weighted by molar-refractivity contribution is 5.71. The van der Waals surface area contributed by atoms with Crippen LogP contribution < -0.4 is 5.32 Å². The fourth-order valence-corrected chi connectivity index (χ4v) is 2.62. The van der Waals surface area contributed by atoms with Crippen LogP contribution in [0.5, 0.6) is 0 Å². The van der Waals surface area contributed by atoms with Crippen molar-refractivity contribution in [3.63, 3.8) is 0 Å². The maximum absolute atomic E-state index is 13.8. The van der Waals surface area contributed by atoms with E-state index in [0.29, 0.717) is 12.1 Å². The quantitative estimate of drug-likeness (QED) is 0.874. The van der Waals surface area contributed by atoms with Crippen LogP contribution in [-0.4, -0.2) is 6.54 Å². The number of hydrogen-bond acceptors (Lipinski definition) is 1. The third-order valence-electron chi connectivity index (χ3n) is 3.76. The third kappa shape index (κ3) is 2.25. The first kappa shape index (κ1) is 13.0. The van der Waals surface area contributed by atoms with Gasteiger partial charge >= 0.3 is 0 Å². The van der Waals surface area contributed by atoms with E-state index in [2.05, 4.69) is 5.32 Å². The first-order chi connectivity index (χ1) is 9.58. The first-order valence-electron chi connectivity index (χ1n) is 6.56. The molecule has 3 heteroatoms. The Morgan fingerprint density at radius 1 is 1.05 bits per heavy atom. The van der Waals surface area contributed by atoms with Crippen LogP contribution in [0.3, 0.4) is 0 Å². The molecule has 0 bridgehead atoms. The van der Waals surface area contributed by atoms with Gasteiger partial charge in [0.1, 0.15) is 11.6 Å². The van der Waals surface area contributed by atoms with Crippen LogP contribution in [0.15, 0.2) is 54.6 Å². The second-order valence-corrected chi connectivity index (χ2v) is 5.22. The van der Waals surface area contributed by atoms with Gasteiger partial charge in [-0.25, -0.2) is 8.78 Å². The van der Waals surface area contributed by atoms with Crippen molar-refractivity contribution < 1.29 is 8.78 Å². The van der Waals surface area contributed by atoms with Crippen molar-refractivity contribution in [2.45, 2.75) is 12.5 Å². The Morgan fingerprint density at radius 2 is 1.80 bits per heavy atom. The van der Waals surface area contributed by atoms with Crippen LogP contribution in [0.4, 0.5) is 8.78 Å². The Balaban J connectivity index is 2.01. The zero-order valence-corrected chi connectivity index (χ0v) is 11.2. The summed E-state index contributed by atoms with van der Waals surface area (Å²) in [6.07, 6.45) is 1.97. The Bertz CT molecular complexity index is 664. The van der Waals surface area contributed by atoms with E-state index in [1.807, 2.05) is 43.3 Å². The summed E-state index contributed by atoms with van der Waals surface area (Å²) in [6.45, 7) is 2.55. The van der Waals surface area contributed by atoms with Gasteiger partial charge in [-0.05, 0) is 36.3 Å². The van der Waals surface area contributed by atoms with Gasteiger partial charge in [0.15, 0.2) is 0 Å². The number of benzene rings is 2. The van der Waals surface area contributed by atoms with Gasteiger partial charge in [-0.1, -0.05) is 36.4 Å². The predicted octanol–water partition coefficient (Wildman–Crippen LogP) is 3.87. The molecule has 0 radical (unpaired) electrons. The molecule has 2 aromatic carbocycles. The van der Waals surface area contributed by atoms with E-state index < -0.39 is 11.6 Å². The molecule has 0 fully saturated rings. The SMILES string of the molecule is C[C@@]1(c2ccccc2)C=C(c2cc(F)ccc2F)CN1. The molecule has 1 aliphatic rings. The second-order valence-electron chi connectivity index (χ2n) is 5.22. The van der Waals surface area contributed by atoms with Gasteiger partial charge in [-0.2, -0.15) is 0 Å². The predicted molar refractivity (Wildman–Crippen MR) is 76.1 cm³/mol. The third-order valence-corrected chi connectivity index (χ3v) is 3.76. The smallest absolute Gasteiger partial charge is 0.130 e. The van der Waals surface area contributed by atoms with Gasteiger partial charge in [0.2, 0.25) is 0 Å². The molecular formula is C17H15F2N. The second kappa shape index (κ2) is 4.84. The number of nitrogens with one attached hydrogen (secondary N) is 1. The van der Waals surface area contributed by atoms with Crippen molar-refractivity contribution in [3.8, 4) is 0 Å². The lowest BCUT2D eigenvalue weighted by Gasteiger charge is -2.23. The highest BCUT2D eigenvalue weighted by atomic mass is 19.1. The maximum Gasteiger partial charge on any atom is 0.130 e. The van der Waals surface area contributed by atoms with Gasteiger partial charge in [0.25, 0.3) is 0 Å². The fourth-order valence-electron chi connectivity index (χ4n) is 2.62. The Hall–Kier alpha value is -2.00. The minimum Gasteiger partial charge on any atom is -0.300 e. The minimum atomic E-state index is -0.421. The number of halogens is 2. The summed E-state index contributed by atoms with van der Waals surface area (Å²) in [7, 11) is 0. The topological polar surface area (TPSA) is 12.0 Å². The minimum absolute atomic E-state index is 0.331. The lowest BCUT2D eigenvalue weighted by molar-refractivity contribution is 0.511. The van der Waals surface area contributed by atoms with Crippen LogP contribution in [0, 0.1) is 11.6 Å². The lowest BCUT2D eigenvalue weighted by Crippen LogP contribution is -2.33. The fraction of sp³-hybridized carbons (Fsp3) is 0.176. The molecule has 1 aliphatic heterocycles. The highest BCUT2D eigenvalue weighted by Crippen LogP contribution is 2.33. The molecule has 2 aromatic rings. The molecule has 102 valence electrons. The van der Waals surface area contributed by atoms with E-state index in [0.717, 1.165) is 17.2 Å². The van der Waals surface area contributed by atoms with Gasteiger partial charge in [0.05, 0.1) is 5.54 Å². The summed E-state index contributed by atoms with van der Waals surface area (Å²) in [5.41, 5.74) is 1.87. The van der Waals surface area contributed by atoms with Crippen molar-refractivity contribution in [1.82, 2.24) is 5.32 Å². The standard InChI is InChI=1S/C17H15F2N/c1-17(13-5-3-2-4-6-13)10-12(11-20-17)15-9-14(18)7-8-16(15)19/h2-10,20H,11H2,1H3/t17-/m0/s1. The van der Waals surface area contributed by atoms with Crippen LogP contribution in [0.1, 0.15) is 18.1 Å². The normalized spacial score (nSPS) is 21.9. The molecule has 20 heavy (non-hydrogen) atoms. The number of hydrogen-bond donors (Lipinski definition) is 1. The zero-order chi connectivity index (χ0) is 14.2. The van der Waals surface area contributed by atoms with Crippen molar-refractivity contribution in [1.29, 1.82) is 0 Å². The molecule has 1 nitrogen and oxygen atoms in total. The van der Waals surface area contributed by atoms with Gasteiger partial charge in [-0.3, -0.25) is 0 Å². The molecule has 0 aromatic heterocycles. The van der Waals surface area contributed by atoms with Crippen molar-refractivity contribution in [3.05, 3.63) is 77.4 Å². The molecule has 0 amide bonds. The largest absolute Gasteiger partial charge is 0.300 e. The van der Waals surface area contributed by atoms with Crippen LogP contribution in [0.25, 0.3) is 5.57 Å². The molecule has 0 spiro atoms. The summed E-state index contributed by atoms with van der Waals surface area (Å²) in [5, 5.41) is 3.36. The molecule has 1 N–H and O–H groups in total. The summed E-state index contributed by atoms with van der Waals surface area (Å²) >= 11 is 0. The summed E-state index contributed by atoms with van der Waals surface area (Å²) in [4.78, 5) is 0. The highest BCUT2D eigenvalue weighted by Gasteiger charge is 2.30. The van der Waals surface area contributed by atoms with E-state index in [-0.39, 0.29) is 5.54 Å². The van der Waals surface area contributed by atoms with E-state index in [1.165, 1.54) is 12.1 Å². The Morgan fingerprint density at radius 3 is 2.55 bits per heavy atom. The lowest BCUT2D eigenvalue weighted by atomic mass is 9.92. The van der Waals surface area contributed by atoms with E-state index >= 15 is 0 Å². The molecule has 0 saturated carbocycles. The molecule has 3 rings (SSSR count). The summed E-state index contributed by atoms with van der Waals surface area (Å²) in [5.74, 6) is -0.813. The maximum atomic E-state index is 13.8. The molecule has 1 atom stereocenters. The Labute approximate surface area is 116 Å². The van der Waals surface area contributed by atoms with Crippen molar-refractivity contribution in [2.24, 2.45) is 0 Å². The molecule has 0 saturated heterocycles. The first-order valence-corrected chi connectivity index (χ1v) is 6.56. The molecule has 0 aliphatic carbocycles. The van der Waals surface area contributed by atoms with E-state index in [4.69, 9.17) is 0 Å². The van der Waals surface area contributed by atoms with E-state index in [9.17, 15) is 8.78 Å². The monoisotopic (exact) mass is 271 g/mol. The van der Waals surface area contributed by atoms with E-state index in [1.54, 1.807) is 0 Å². The molecule has 0 unspecified atom stereocenters. The van der Waals surface area contributed by atoms with Crippen molar-refractivity contribution in [2.75, 3.05) is 6.54 Å². The molecular weight excluding hydrogens is 256 g/mol. The van der Waals surface area contributed by atoms with Gasteiger partial charge in [-0.15, -0.1) is 0 Å². The van der Waals surface area contributed by atoms with Gasteiger partial charge in [0, 0.05) is 12.1 Å². The van der Waals surface area contributed by atoms with Crippen LogP contribution in [0.2, 0.25) is 0 Å². The number of rotatable bonds is 2. The average Bonchev–Trinajstić information content (AvgIpc) is 2.86.